The Bertz CT molecular complexity index is 445. The number of aryl methyl sites for hydroxylation is 2. The molecule has 0 aliphatic heterocycles. The normalized spacial score (nSPS) is 11.0. The molecule has 0 amide bonds. The third kappa shape index (κ3) is 1.37. The number of nitrogens with zero attached hydrogens (tertiary/aromatic N) is 2. The zero-order valence-corrected chi connectivity index (χ0v) is 9.30. The van der Waals surface area contributed by atoms with Gasteiger partial charge in [-0.2, -0.15) is 5.10 Å². The lowest BCUT2D eigenvalue weighted by atomic mass is 10.2. The maximum Gasteiger partial charge on any atom is 0.0685 e. The van der Waals surface area contributed by atoms with Crippen LogP contribution in [0.3, 0.4) is 0 Å². The zero-order chi connectivity index (χ0) is 9.42. The Kier molecular flexibility index (Phi) is 2.12. The number of aromatic nitrogens is 2. The second-order valence-corrected chi connectivity index (χ2v) is 3.97. The quantitative estimate of drug-likeness (QED) is 0.747. The Morgan fingerprint density at radius 3 is 2.92 bits per heavy atom. The summed E-state index contributed by atoms with van der Waals surface area (Å²) in [7, 11) is 0. The molecule has 0 saturated carbocycles. The molecule has 68 valence electrons. The van der Waals surface area contributed by atoms with Crippen LogP contribution in [0.4, 0.5) is 0 Å². The Hall–Kier alpha value is -0.830. The van der Waals surface area contributed by atoms with Crippen molar-refractivity contribution in [2.75, 3.05) is 0 Å². The van der Waals surface area contributed by atoms with Crippen LogP contribution in [-0.4, -0.2) is 9.78 Å². The van der Waals surface area contributed by atoms with Crippen molar-refractivity contribution >= 4 is 26.8 Å². The van der Waals surface area contributed by atoms with Crippen molar-refractivity contribution in [3.05, 3.63) is 28.4 Å². The first kappa shape index (κ1) is 8.75. The van der Waals surface area contributed by atoms with Gasteiger partial charge in [0.25, 0.3) is 0 Å². The van der Waals surface area contributed by atoms with E-state index >= 15 is 0 Å². The van der Waals surface area contributed by atoms with Gasteiger partial charge in [-0.25, -0.2) is 0 Å². The molecular weight excluding hydrogens is 228 g/mol. The molecule has 0 N–H and O–H groups in total. The summed E-state index contributed by atoms with van der Waals surface area (Å²) < 4.78 is 3.16. The summed E-state index contributed by atoms with van der Waals surface area (Å²) in [6, 6.07) is 4.28. The molecule has 3 heteroatoms. The molecule has 0 fully saturated rings. The topological polar surface area (TPSA) is 17.8 Å². The number of benzene rings is 1. The zero-order valence-electron chi connectivity index (χ0n) is 7.71. The molecule has 1 aromatic carbocycles. The summed E-state index contributed by atoms with van der Waals surface area (Å²) >= 11 is 3.51. The molecule has 1 aromatic heterocycles. The molecule has 0 spiro atoms. The van der Waals surface area contributed by atoms with Crippen LogP contribution < -0.4 is 0 Å². The van der Waals surface area contributed by atoms with Crippen molar-refractivity contribution in [2.24, 2.45) is 0 Å². The average Bonchev–Trinajstić information content (AvgIpc) is 2.48. The minimum absolute atomic E-state index is 0.921. The molecule has 0 bridgehead atoms. The minimum atomic E-state index is 0.921. The molecule has 0 atom stereocenters. The summed E-state index contributed by atoms with van der Waals surface area (Å²) in [6.07, 6.45) is 1.91. The molecule has 0 aliphatic carbocycles. The molecule has 2 rings (SSSR count). The monoisotopic (exact) mass is 238 g/mol. The average molecular weight is 239 g/mol. The standard InChI is InChI=1S/C10H11BrN2/c1-3-13-10-4-7(2)9(11)5-8(10)6-12-13/h4-6H,3H2,1-2H3. The number of halogens is 1. The third-order valence-electron chi connectivity index (χ3n) is 2.22. The van der Waals surface area contributed by atoms with E-state index in [2.05, 4.69) is 47.0 Å². The third-order valence-corrected chi connectivity index (χ3v) is 3.08. The summed E-state index contributed by atoms with van der Waals surface area (Å²) in [5, 5.41) is 5.49. The van der Waals surface area contributed by atoms with Crippen LogP contribution in [0.15, 0.2) is 22.8 Å². The van der Waals surface area contributed by atoms with Crippen LogP contribution in [0.5, 0.6) is 0 Å². The molecule has 2 nitrogen and oxygen atoms in total. The SMILES string of the molecule is CCn1ncc2cc(Br)c(C)cc21. The Morgan fingerprint density at radius 1 is 1.46 bits per heavy atom. The largest absolute Gasteiger partial charge is 0.265 e. The maximum absolute atomic E-state index is 4.29. The van der Waals surface area contributed by atoms with Crippen LogP contribution >= 0.6 is 15.9 Å². The van der Waals surface area contributed by atoms with Crippen molar-refractivity contribution in [1.29, 1.82) is 0 Å². The van der Waals surface area contributed by atoms with Gasteiger partial charge in [-0.3, -0.25) is 4.68 Å². The fraction of sp³-hybridized carbons (Fsp3) is 0.300. The van der Waals surface area contributed by atoms with Crippen molar-refractivity contribution < 1.29 is 0 Å². The van der Waals surface area contributed by atoms with E-state index in [1.807, 2.05) is 10.9 Å². The minimum Gasteiger partial charge on any atom is -0.265 e. The van der Waals surface area contributed by atoms with Gasteiger partial charge in [0.05, 0.1) is 11.7 Å². The molecule has 1 heterocycles. The molecular formula is C10H11BrN2. The van der Waals surface area contributed by atoms with Gasteiger partial charge in [0.1, 0.15) is 0 Å². The highest BCUT2D eigenvalue weighted by Gasteiger charge is 2.03. The first-order chi connectivity index (χ1) is 6.22. The Labute approximate surface area is 85.7 Å². The van der Waals surface area contributed by atoms with Crippen molar-refractivity contribution in [2.45, 2.75) is 20.4 Å². The highest BCUT2D eigenvalue weighted by Crippen LogP contribution is 2.23. The molecule has 2 aromatic rings. The van der Waals surface area contributed by atoms with Crippen LogP contribution in [0, 0.1) is 6.92 Å². The van der Waals surface area contributed by atoms with E-state index in [0.29, 0.717) is 0 Å². The summed E-state index contributed by atoms with van der Waals surface area (Å²) in [5.41, 5.74) is 2.46. The van der Waals surface area contributed by atoms with Gasteiger partial charge in [-0.15, -0.1) is 0 Å². The van der Waals surface area contributed by atoms with E-state index in [1.54, 1.807) is 0 Å². The molecule has 0 saturated heterocycles. The van der Waals surface area contributed by atoms with Gasteiger partial charge in [0.2, 0.25) is 0 Å². The Balaban J connectivity index is 2.77. The number of fused-ring (bicyclic) bond motifs is 1. The number of hydrogen-bond acceptors (Lipinski definition) is 1. The smallest absolute Gasteiger partial charge is 0.0685 e. The lowest BCUT2D eigenvalue weighted by Gasteiger charge is -2.01. The summed E-state index contributed by atoms with van der Waals surface area (Å²) in [5.74, 6) is 0. The van der Waals surface area contributed by atoms with Crippen LogP contribution in [0.2, 0.25) is 0 Å². The first-order valence-electron chi connectivity index (χ1n) is 4.34. The number of rotatable bonds is 1. The highest BCUT2D eigenvalue weighted by molar-refractivity contribution is 9.10. The fourth-order valence-electron chi connectivity index (χ4n) is 1.45. The summed E-state index contributed by atoms with van der Waals surface area (Å²) in [4.78, 5) is 0. The van der Waals surface area contributed by atoms with Gasteiger partial charge in [0.15, 0.2) is 0 Å². The molecule has 0 aliphatic rings. The molecule has 0 unspecified atom stereocenters. The van der Waals surface area contributed by atoms with E-state index in [0.717, 1.165) is 11.0 Å². The molecule has 0 radical (unpaired) electrons. The van der Waals surface area contributed by atoms with Gasteiger partial charge in [-0.1, -0.05) is 15.9 Å². The van der Waals surface area contributed by atoms with Crippen LogP contribution in [0.25, 0.3) is 10.9 Å². The van der Waals surface area contributed by atoms with Crippen LogP contribution in [-0.2, 0) is 6.54 Å². The number of hydrogen-bond donors (Lipinski definition) is 0. The van der Waals surface area contributed by atoms with E-state index in [-0.39, 0.29) is 0 Å². The van der Waals surface area contributed by atoms with Crippen molar-refractivity contribution in [3.8, 4) is 0 Å². The maximum atomic E-state index is 4.29. The summed E-state index contributed by atoms with van der Waals surface area (Å²) in [6.45, 7) is 5.12. The van der Waals surface area contributed by atoms with E-state index < -0.39 is 0 Å². The second-order valence-electron chi connectivity index (χ2n) is 3.12. The lowest BCUT2D eigenvalue weighted by Crippen LogP contribution is -1.95. The van der Waals surface area contributed by atoms with Crippen molar-refractivity contribution in [3.63, 3.8) is 0 Å². The van der Waals surface area contributed by atoms with E-state index in [1.165, 1.54) is 16.5 Å². The first-order valence-corrected chi connectivity index (χ1v) is 5.13. The van der Waals surface area contributed by atoms with Gasteiger partial charge < -0.3 is 0 Å². The Morgan fingerprint density at radius 2 is 2.23 bits per heavy atom. The molecule has 13 heavy (non-hydrogen) atoms. The predicted molar refractivity (Wildman–Crippen MR) is 57.8 cm³/mol. The van der Waals surface area contributed by atoms with E-state index in [4.69, 9.17) is 0 Å². The van der Waals surface area contributed by atoms with E-state index in [9.17, 15) is 0 Å². The van der Waals surface area contributed by atoms with Gasteiger partial charge in [0, 0.05) is 16.4 Å². The fourth-order valence-corrected chi connectivity index (χ4v) is 1.82. The second kappa shape index (κ2) is 3.14. The van der Waals surface area contributed by atoms with Gasteiger partial charge >= 0.3 is 0 Å². The van der Waals surface area contributed by atoms with Crippen LogP contribution in [0.1, 0.15) is 12.5 Å². The van der Waals surface area contributed by atoms with Crippen molar-refractivity contribution in [1.82, 2.24) is 9.78 Å². The van der Waals surface area contributed by atoms with Gasteiger partial charge in [-0.05, 0) is 31.5 Å². The highest BCUT2D eigenvalue weighted by atomic mass is 79.9. The lowest BCUT2D eigenvalue weighted by molar-refractivity contribution is 0.684. The predicted octanol–water partition coefficient (Wildman–Crippen LogP) is 3.13.